The lowest BCUT2D eigenvalue weighted by molar-refractivity contribution is -0.468. The summed E-state index contributed by atoms with van der Waals surface area (Å²) < 4.78 is 7.16. The Balaban J connectivity index is 0. The summed E-state index contributed by atoms with van der Waals surface area (Å²) in [5.74, 6) is -0.247. The molecule has 0 amide bonds. The minimum atomic E-state index is -0.438. The lowest BCUT2D eigenvalue weighted by Gasteiger charge is -2.08. The van der Waals surface area contributed by atoms with E-state index in [4.69, 9.17) is 4.74 Å². The highest BCUT2D eigenvalue weighted by molar-refractivity contribution is 5.91. The molecule has 0 saturated heterocycles. The number of rotatable bonds is 6. The summed E-state index contributed by atoms with van der Waals surface area (Å²) in [5, 5.41) is 9.33. The van der Waals surface area contributed by atoms with Crippen molar-refractivity contribution in [2.24, 2.45) is 0 Å². The second-order valence-corrected chi connectivity index (χ2v) is 5.53. The molecule has 0 fully saturated rings. The molecule has 162 valence electrons. The van der Waals surface area contributed by atoms with E-state index in [0.717, 1.165) is 12.1 Å². The molecule has 0 atom stereocenters. The summed E-state index contributed by atoms with van der Waals surface area (Å²) in [6, 6.07) is 7.95. The number of carbonyl (C=O) groups is 1. The first kappa shape index (κ1) is 28.3. The zero-order chi connectivity index (χ0) is 22.8. The maximum atomic E-state index is 11.7. The van der Waals surface area contributed by atoms with Crippen LogP contribution in [0.5, 0.6) is 0 Å². The molecule has 0 aliphatic heterocycles. The van der Waals surface area contributed by atoms with Crippen LogP contribution in [0, 0.1) is 24.0 Å². The molecule has 0 aliphatic carbocycles. The first-order valence-corrected chi connectivity index (χ1v) is 9.99. The summed E-state index contributed by atoms with van der Waals surface area (Å²) >= 11 is 0. The largest absolute Gasteiger partial charge is 0.462 e. The normalized spacial score (nSPS) is 8.79. The number of ether oxygens (including phenoxy) is 1. The van der Waals surface area contributed by atoms with Crippen LogP contribution >= 0.6 is 0 Å². The fourth-order valence-electron chi connectivity index (χ4n) is 2.24. The van der Waals surface area contributed by atoms with Crippen LogP contribution in [0.25, 0.3) is 0 Å². The van der Waals surface area contributed by atoms with E-state index in [9.17, 15) is 14.9 Å². The highest BCUT2D eigenvalue weighted by atomic mass is 16.6. The van der Waals surface area contributed by atoms with Crippen molar-refractivity contribution in [3.63, 3.8) is 0 Å². The van der Waals surface area contributed by atoms with Crippen molar-refractivity contribution in [2.75, 3.05) is 13.2 Å². The first-order chi connectivity index (χ1) is 13.9. The number of benzene rings is 1. The lowest BCUT2D eigenvalue weighted by atomic mass is 10.1. The molecule has 2 aromatic rings. The number of nitrogens with zero attached hydrogens (tertiary/aromatic N) is 2. The van der Waals surface area contributed by atoms with E-state index in [0.29, 0.717) is 12.2 Å². The Morgan fingerprint density at radius 2 is 1.83 bits per heavy atom. The molecule has 0 N–H and O–H groups in total. The molecule has 0 saturated carbocycles. The third kappa shape index (κ3) is 12.2. The molecule has 2 rings (SSSR count). The van der Waals surface area contributed by atoms with Crippen molar-refractivity contribution in [3.8, 4) is 0 Å². The number of aromatic nitrogens is 1. The van der Waals surface area contributed by atoms with Gasteiger partial charge in [-0.3, -0.25) is 10.1 Å². The molecule has 1 aromatic carbocycles. The average molecular weight is 405 g/mol. The van der Waals surface area contributed by atoms with Gasteiger partial charge in [-0.2, -0.15) is 0 Å². The highest BCUT2D eigenvalue weighted by Crippen LogP contribution is 2.14. The van der Waals surface area contributed by atoms with Crippen molar-refractivity contribution < 1.29 is 14.5 Å². The molecule has 0 radical (unpaired) electrons. The van der Waals surface area contributed by atoms with Crippen LogP contribution < -0.4 is 0 Å². The monoisotopic (exact) mass is 404 g/mol. The van der Waals surface area contributed by atoms with Gasteiger partial charge in [-0.1, -0.05) is 46.4 Å². The minimum Gasteiger partial charge on any atom is -0.462 e. The van der Waals surface area contributed by atoms with Crippen LogP contribution in [-0.4, -0.2) is 28.6 Å². The van der Waals surface area contributed by atoms with E-state index in [2.05, 4.69) is 36.5 Å². The third-order valence-corrected chi connectivity index (χ3v) is 3.33. The Morgan fingerprint density at radius 3 is 2.21 bits per heavy atom. The second-order valence-electron chi connectivity index (χ2n) is 5.53. The Morgan fingerprint density at radius 1 is 1.21 bits per heavy atom. The quantitative estimate of drug-likeness (QED) is 0.263. The summed E-state index contributed by atoms with van der Waals surface area (Å²) in [4.78, 5) is 20.6. The van der Waals surface area contributed by atoms with Crippen LogP contribution in [0.3, 0.4) is 0 Å². The minimum absolute atomic E-state index is 0.139. The van der Waals surface area contributed by atoms with Gasteiger partial charge in [-0.05, 0) is 55.7 Å². The lowest BCUT2D eigenvalue weighted by Crippen LogP contribution is -2.07. The molecule has 0 spiro atoms. The van der Waals surface area contributed by atoms with Crippen molar-refractivity contribution in [1.82, 2.24) is 4.57 Å². The first-order valence-electron chi connectivity index (χ1n) is 9.99. The van der Waals surface area contributed by atoms with Gasteiger partial charge < -0.3 is 9.30 Å². The third-order valence-electron chi connectivity index (χ3n) is 3.33. The molecular formula is C23H36N2O4. The average Bonchev–Trinajstić information content (AvgIpc) is 3.10. The molecule has 0 bridgehead atoms. The van der Waals surface area contributed by atoms with Crippen LogP contribution in [0.4, 0.5) is 0 Å². The number of hydrogen-bond acceptors (Lipinski definition) is 4. The van der Waals surface area contributed by atoms with Gasteiger partial charge in [0.15, 0.2) is 0 Å². The molecule has 6 heteroatoms. The van der Waals surface area contributed by atoms with Gasteiger partial charge in [0.2, 0.25) is 6.54 Å². The Hall–Kier alpha value is -2.89. The molecule has 0 unspecified atom stereocenters. The maximum Gasteiger partial charge on any atom is 0.338 e. The molecule has 6 nitrogen and oxygen atoms in total. The molecule has 0 aliphatic rings. The van der Waals surface area contributed by atoms with E-state index < -0.39 is 4.92 Å². The van der Waals surface area contributed by atoms with E-state index in [1.165, 1.54) is 17.2 Å². The van der Waals surface area contributed by atoms with E-state index in [1.54, 1.807) is 0 Å². The van der Waals surface area contributed by atoms with Gasteiger partial charge in [0, 0.05) is 23.9 Å². The number of carbonyl (C=O) groups excluding carboxylic acids is 1. The Kier molecular flexibility index (Phi) is 16.8. The van der Waals surface area contributed by atoms with Crippen LogP contribution in [-0.2, 0) is 11.3 Å². The van der Waals surface area contributed by atoms with Crippen LogP contribution in [0.1, 0.15) is 61.7 Å². The summed E-state index contributed by atoms with van der Waals surface area (Å²) in [7, 11) is 0. The van der Waals surface area contributed by atoms with Gasteiger partial charge in [-0.15, -0.1) is 0 Å². The molecule has 1 aromatic heterocycles. The molecular weight excluding hydrogens is 368 g/mol. The van der Waals surface area contributed by atoms with Crippen molar-refractivity contribution in [2.45, 2.75) is 55.0 Å². The van der Waals surface area contributed by atoms with Gasteiger partial charge in [0.1, 0.15) is 0 Å². The molecule has 29 heavy (non-hydrogen) atoms. The van der Waals surface area contributed by atoms with Gasteiger partial charge in [-0.25, -0.2) is 4.79 Å². The fourth-order valence-corrected chi connectivity index (χ4v) is 2.24. The zero-order valence-electron chi connectivity index (χ0n) is 18.9. The summed E-state index contributed by atoms with van der Waals surface area (Å²) in [6.45, 7) is 18.1. The predicted octanol–water partition coefficient (Wildman–Crippen LogP) is 5.83. The van der Waals surface area contributed by atoms with Gasteiger partial charge in [0.05, 0.1) is 12.2 Å². The number of nitro groups is 1. The van der Waals surface area contributed by atoms with Crippen LogP contribution in [0.2, 0.25) is 0 Å². The highest BCUT2D eigenvalue weighted by Gasteiger charge is 2.10. The summed E-state index contributed by atoms with van der Waals surface area (Å²) in [6.07, 6.45) is 5.42. The van der Waals surface area contributed by atoms with Gasteiger partial charge >= 0.3 is 5.97 Å². The van der Waals surface area contributed by atoms with E-state index in [-0.39, 0.29) is 12.5 Å². The van der Waals surface area contributed by atoms with E-state index in [1.807, 2.05) is 59.7 Å². The maximum absolute atomic E-state index is 11.7. The predicted molar refractivity (Wildman–Crippen MR) is 120 cm³/mol. The smallest absolute Gasteiger partial charge is 0.338 e. The second kappa shape index (κ2) is 17.2. The number of hydrogen-bond donors (Lipinski definition) is 0. The van der Waals surface area contributed by atoms with Crippen molar-refractivity contribution in [1.29, 1.82) is 0 Å². The Labute approximate surface area is 175 Å². The summed E-state index contributed by atoms with van der Waals surface area (Å²) in [5.41, 5.74) is 4.04. The van der Waals surface area contributed by atoms with Crippen LogP contribution in [0.15, 0.2) is 49.3 Å². The van der Waals surface area contributed by atoms with Crippen molar-refractivity contribution in [3.05, 3.63) is 81.7 Å². The number of aryl methyl sites for hydroxylation is 2. The molecule has 1 heterocycles. The fraction of sp³-hybridized carbons (Fsp3) is 0.435. The van der Waals surface area contributed by atoms with Gasteiger partial charge in [0.25, 0.3) is 0 Å². The zero-order valence-corrected chi connectivity index (χ0v) is 18.9. The number of esters is 1. The van der Waals surface area contributed by atoms with Crippen molar-refractivity contribution >= 4 is 5.97 Å². The Bertz CT molecular complexity index is 736. The SMILES string of the molecule is C=CC[N+](=O)[O-].CC.CC.CCOC(=O)c1ccc(Cn2ccc(C)c2)cc1C. The topological polar surface area (TPSA) is 74.4 Å². The standard InChI is InChI=1S/C16H19NO2.C3H5NO2.2C2H6/c1-4-19-16(18)15-6-5-14(9-13(15)3)11-17-8-7-12(2)10-17;1-2-3-4(5)6;2*1-2/h5-10H,4,11H2,1-3H3;2H,1,3H2;2*1-2H3. The van der Waals surface area contributed by atoms with E-state index >= 15 is 0 Å².